The Hall–Kier alpha value is -1.98. The molecule has 0 atom stereocenters. The van der Waals surface area contributed by atoms with E-state index in [0.717, 1.165) is 6.07 Å². The fraction of sp³-hybridized carbons (Fsp3) is 0.400. The lowest BCUT2D eigenvalue weighted by molar-refractivity contribution is -0.137. The molecule has 0 bridgehead atoms. The number of aryl methyl sites for hydroxylation is 1. The molecule has 3 nitrogen and oxygen atoms in total. The van der Waals surface area contributed by atoms with E-state index in [2.05, 4.69) is 0 Å². The van der Waals surface area contributed by atoms with Gasteiger partial charge in [0, 0.05) is 22.6 Å². The van der Waals surface area contributed by atoms with E-state index < -0.39 is 17.7 Å². The molecule has 1 N–H and O–H groups in total. The lowest BCUT2D eigenvalue weighted by atomic mass is 10.1. The van der Waals surface area contributed by atoms with Crippen LogP contribution in [0.4, 0.5) is 13.2 Å². The first kappa shape index (κ1) is 15.4. The van der Waals surface area contributed by atoms with E-state index in [1.54, 1.807) is 10.6 Å². The number of hydrogen-bond acceptors (Lipinski definition) is 1. The van der Waals surface area contributed by atoms with E-state index in [1.165, 1.54) is 12.1 Å². The van der Waals surface area contributed by atoms with Gasteiger partial charge in [0.2, 0.25) is 0 Å². The molecular weight excluding hydrogens is 283 g/mol. The summed E-state index contributed by atoms with van der Waals surface area (Å²) in [6, 6.07) is 5.48. The third-order valence-electron chi connectivity index (χ3n) is 3.38. The molecule has 2 aromatic rings. The van der Waals surface area contributed by atoms with Crippen molar-refractivity contribution < 1.29 is 23.1 Å². The summed E-state index contributed by atoms with van der Waals surface area (Å²) in [5, 5.41) is 8.90. The number of aliphatic carboxylic acids is 1. The number of halogens is 3. The maximum absolute atomic E-state index is 13.1. The molecule has 1 aromatic heterocycles. The van der Waals surface area contributed by atoms with Gasteiger partial charge in [-0.05, 0) is 38.5 Å². The van der Waals surface area contributed by atoms with Crippen molar-refractivity contribution in [2.24, 2.45) is 0 Å². The summed E-state index contributed by atoms with van der Waals surface area (Å²) < 4.78 is 41.0. The number of aromatic nitrogens is 1. The molecule has 1 heterocycles. The summed E-state index contributed by atoms with van der Waals surface area (Å²) >= 11 is 0. The molecule has 6 heteroatoms. The van der Waals surface area contributed by atoms with Gasteiger partial charge in [0.15, 0.2) is 0 Å². The van der Waals surface area contributed by atoms with Crippen LogP contribution in [0.2, 0.25) is 0 Å². The normalized spacial score (nSPS) is 12.3. The van der Waals surface area contributed by atoms with Crippen LogP contribution in [0, 0.1) is 0 Å². The van der Waals surface area contributed by atoms with Gasteiger partial charge < -0.3 is 9.67 Å². The highest BCUT2D eigenvalue weighted by molar-refractivity contribution is 5.85. The second kappa shape index (κ2) is 5.42. The van der Waals surface area contributed by atoms with E-state index >= 15 is 0 Å². The maximum Gasteiger partial charge on any atom is 0.417 e. The third-order valence-corrected chi connectivity index (χ3v) is 3.38. The molecule has 2 rings (SSSR count). The number of rotatable bonds is 4. The third kappa shape index (κ3) is 3.04. The van der Waals surface area contributed by atoms with Crippen LogP contribution in [-0.4, -0.2) is 15.6 Å². The van der Waals surface area contributed by atoms with Crippen LogP contribution in [-0.2, 0) is 17.4 Å². The average molecular weight is 299 g/mol. The topological polar surface area (TPSA) is 42.2 Å². The quantitative estimate of drug-likeness (QED) is 0.916. The second-order valence-electron chi connectivity index (χ2n) is 5.23. The van der Waals surface area contributed by atoms with E-state index in [4.69, 9.17) is 5.11 Å². The second-order valence-corrected chi connectivity index (χ2v) is 5.23. The molecule has 114 valence electrons. The number of benzene rings is 1. The van der Waals surface area contributed by atoms with Crippen molar-refractivity contribution in [2.75, 3.05) is 0 Å². The summed E-state index contributed by atoms with van der Waals surface area (Å²) in [5.41, 5.74) is 0.412. The van der Waals surface area contributed by atoms with Gasteiger partial charge in [0.1, 0.15) is 0 Å². The van der Waals surface area contributed by atoms with Crippen LogP contribution >= 0.6 is 0 Å². The zero-order valence-corrected chi connectivity index (χ0v) is 11.7. The van der Waals surface area contributed by atoms with E-state index in [9.17, 15) is 18.0 Å². The first-order valence-corrected chi connectivity index (χ1v) is 6.63. The first-order chi connectivity index (χ1) is 9.71. The molecule has 0 spiro atoms. The molecule has 0 unspecified atom stereocenters. The molecule has 0 saturated heterocycles. The molecule has 1 aromatic carbocycles. The molecule has 0 fully saturated rings. The molecule has 0 aliphatic carbocycles. The Morgan fingerprint density at radius 2 is 2.00 bits per heavy atom. The van der Waals surface area contributed by atoms with Gasteiger partial charge in [-0.15, -0.1) is 0 Å². The zero-order valence-electron chi connectivity index (χ0n) is 11.7. The van der Waals surface area contributed by atoms with E-state index in [-0.39, 0.29) is 24.3 Å². The molecule has 0 amide bonds. The highest BCUT2D eigenvalue weighted by Gasteiger charge is 2.33. The minimum Gasteiger partial charge on any atom is -0.481 e. The molecule has 0 saturated carbocycles. The Kier molecular flexibility index (Phi) is 3.98. The van der Waals surface area contributed by atoms with Gasteiger partial charge in [-0.3, -0.25) is 4.79 Å². The molecule has 0 aliphatic heterocycles. The van der Waals surface area contributed by atoms with Crippen LogP contribution in [0.5, 0.6) is 0 Å². The van der Waals surface area contributed by atoms with Gasteiger partial charge in [-0.25, -0.2) is 0 Å². The minimum absolute atomic E-state index is 0.0465. The van der Waals surface area contributed by atoms with Gasteiger partial charge in [-0.2, -0.15) is 13.2 Å². The summed E-state index contributed by atoms with van der Waals surface area (Å²) in [5.74, 6) is -0.966. The Balaban J connectivity index is 2.64. The Bertz CT molecular complexity index is 671. The van der Waals surface area contributed by atoms with Gasteiger partial charge in [0.25, 0.3) is 0 Å². The van der Waals surface area contributed by atoms with Crippen LogP contribution in [0.25, 0.3) is 10.9 Å². The molecule has 21 heavy (non-hydrogen) atoms. The number of nitrogens with zero attached hydrogens (tertiary/aromatic N) is 1. The summed E-state index contributed by atoms with van der Waals surface area (Å²) in [6.07, 6.45) is -4.32. The average Bonchev–Trinajstić information content (AvgIpc) is 2.72. The number of hydrogen-bond donors (Lipinski definition) is 1. The Morgan fingerprint density at radius 3 is 2.52 bits per heavy atom. The fourth-order valence-corrected chi connectivity index (χ4v) is 2.59. The Morgan fingerprint density at radius 1 is 1.33 bits per heavy atom. The first-order valence-electron chi connectivity index (χ1n) is 6.63. The van der Waals surface area contributed by atoms with Gasteiger partial charge >= 0.3 is 12.1 Å². The van der Waals surface area contributed by atoms with Crippen molar-refractivity contribution in [1.82, 2.24) is 4.57 Å². The van der Waals surface area contributed by atoms with E-state index in [0.29, 0.717) is 11.2 Å². The highest BCUT2D eigenvalue weighted by atomic mass is 19.4. The molecule has 0 aliphatic rings. The van der Waals surface area contributed by atoms with Crippen molar-refractivity contribution in [3.05, 3.63) is 35.5 Å². The lowest BCUT2D eigenvalue weighted by Crippen LogP contribution is -2.08. The van der Waals surface area contributed by atoms with Crippen molar-refractivity contribution in [1.29, 1.82) is 0 Å². The van der Waals surface area contributed by atoms with Crippen LogP contribution in [0.1, 0.15) is 37.6 Å². The monoisotopic (exact) mass is 299 g/mol. The van der Waals surface area contributed by atoms with Gasteiger partial charge in [0.05, 0.1) is 12.0 Å². The van der Waals surface area contributed by atoms with Crippen LogP contribution in [0.3, 0.4) is 0 Å². The van der Waals surface area contributed by atoms with Crippen molar-refractivity contribution >= 4 is 16.9 Å². The SMILES string of the molecule is CC(C)n1c(CCC(=O)O)cc2c(C(F)(F)F)cccc21. The lowest BCUT2D eigenvalue weighted by Gasteiger charge is -2.15. The van der Waals surface area contributed by atoms with Crippen LogP contribution in [0.15, 0.2) is 24.3 Å². The number of carboxylic acids is 1. The zero-order chi connectivity index (χ0) is 15.8. The van der Waals surface area contributed by atoms with Crippen LogP contribution < -0.4 is 0 Å². The smallest absolute Gasteiger partial charge is 0.417 e. The number of fused-ring (bicyclic) bond motifs is 1. The summed E-state index contributed by atoms with van der Waals surface area (Å²) in [7, 11) is 0. The Labute approximate surface area is 120 Å². The standard InChI is InChI=1S/C15H16F3NO2/c1-9(2)19-10(6-7-14(20)21)8-11-12(15(16,17)18)4-3-5-13(11)19/h3-5,8-9H,6-7H2,1-2H3,(H,20,21). The molecular formula is C15H16F3NO2. The summed E-state index contributed by atoms with van der Waals surface area (Å²) in [6.45, 7) is 3.73. The van der Waals surface area contributed by atoms with E-state index in [1.807, 2.05) is 13.8 Å². The number of carbonyl (C=O) groups is 1. The number of alkyl halides is 3. The van der Waals surface area contributed by atoms with Crippen molar-refractivity contribution in [3.8, 4) is 0 Å². The summed E-state index contributed by atoms with van der Waals surface area (Å²) in [4.78, 5) is 10.7. The number of carboxylic acid groups (broad SMARTS) is 1. The fourth-order valence-electron chi connectivity index (χ4n) is 2.59. The predicted molar refractivity (Wildman–Crippen MR) is 73.3 cm³/mol. The largest absolute Gasteiger partial charge is 0.481 e. The van der Waals surface area contributed by atoms with Gasteiger partial charge in [-0.1, -0.05) is 6.07 Å². The predicted octanol–water partition coefficient (Wildman–Crippen LogP) is 4.26. The molecule has 0 radical (unpaired) electrons. The maximum atomic E-state index is 13.1. The van der Waals surface area contributed by atoms with Crippen molar-refractivity contribution in [2.45, 2.75) is 38.9 Å². The minimum atomic E-state index is -4.42. The highest BCUT2D eigenvalue weighted by Crippen LogP contribution is 2.37. The van der Waals surface area contributed by atoms with Crippen molar-refractivity contribution in [3.63, 3.8) is 0 Å².